The number of nitrogens with one attached hydrogen (secondary N) is 2. The van der Waals surface area contributed by atoms with Gasteiger partial charge < -0.3 is 50.9 Å². The van der Waals surface area contributed by atoms with Crippen molar-refractivity contribution < 1.29 is 80.5 Å². The third-order valence-corrected chi connectivity index (χ3v) is 12.5. The second-order valence-corrected chi connectivity index (χ2v) is 19.2. The number of allylic oxidation sites excluding steroid dienone is 2. The number of unbranched alkanes of at least 4 members (excludes halogenated alkanes) is 3. The lowest BCUT2D eigenvalue weighted by molar-refractivity contribution is -0.137. The molecule has 0 aliphatic carbocycles. The van der Waals surface area contributed by atoms with Gasteiger partial charge in [-0.05, 0) is 19.3 Å². The van der Waals surface area contributed by atoms with E-state index in [1.54, 1.807) is 0 Å². The quantitative estimate of drug-likeness (QED) is 0.0367. The summed E-state index contributed by atoms with van der Waals surface area (Å²) in [5.74, 6) is -1.07. The number of hydrogen-bond acceptors (Lipinski definition) is 18. The number of hydrogen-bond donors (Lipinski definition) is 9. The highest BCUT2D eigenvalue weighted by molar-refractivity contribution is 8.13. The minimum atomic E-state index is -5.57. The Labute approximate surface area is 343 Å². The molecular weight excluding hydrogens is 867 g/mol. The Bertz CT molecular complexity index is 1900. The van der Waals surface area contributed by atoms with Crippen LogP contribution in [0.1, 0.15) is 71.9 Å². The van der Waals surface area contributed by atoms with Crippen LogP contribution >= 0.6 is 35.2 Å². The molecule has 0 spiro atoms. The highest BCUT2D eigenvalue weighted by atomic mass is 32.2. The minimum Gasteiger partial charge on any atom is -0.386 e. The number of ether oxygens (including phenoxy) is 1. The summed E-state index contributed by atoms with van der Waals surface area (Å²) in [7, 11) is -16.4. The van der Waals surface area contributed by atoms with Crippen molar-refractivity contribution in [2.75, 3.05) is 37.8 Å². The van der Waals surface area contributed by atoms with Crippen LogP contribution in [-0.2, 0) is 50.7 Å². The number of imidazole rings is 1. The molecule has 2 aromatic rings. The molecule has 3 rings (SSSR count). The van der Waals surface area contributed by atoms with Gasteiger partial charge in [0.15, 0.2) is 22.8 Å². The minimum absolute atomic E-state index is 0.00869. The lowest BCUT2D eigenvalue weighted by atomic mass is 9.87. The van der Waals surface area contributed by atoms with Gasteiger partial charge in [0, 0.05) is 37.1 Å². The van der Waals surface area contributed by atoms with Gasteiger partial charge in [0.25, 0.3) is 0 Å². The van der Waals surface area contributed by atoms with Gasteiger partial charge in [0.1, 0.15) is 36.3 Å². The van der Waals surface area contributed by atoms with E-state index in [1.807, 2.05) is 6.08 Å². The number of rotatable bonds is 26. The van der Waals surface area contributed by atoms with E-state index >= 15 is 0 Å². The lowest BCUT2D eigenvalue weighted by Gasteiger charge is -2.30. The molecule has 3 heterocycles. The Kier molecular flexibility index (Phi) is 19.7. The standard InChI is InChI=1S/C31H52N7O17P3S/c1-4-5-6-7-8-9-10-11-22(40)59-15-14-33-21(39)12-13-34-29(43)26(42)31(2,3)17-52-58(49,50)55-57(47,48)51-16-20-25(54-56(44,45)46)24(41)30(53-20)38-19-37-23-27(32)35-18-36-28(23)38/h8-9,18-20,24-26,30,41-42H,4-7,10-17H2,1-3H3,(H,33,39)(H,34,43)(H,47,48)(H,49,50)(H2,32,35,36)(H2,44,45,46)/b9-8-/t20-,24-,25-,26+,30-/m1/s1. The zero-order valence-electron chi connectivity index (χ0n) is 32.5. The fraction of sp³-hybridized carbons (Fsp3) is 0.677. The molecular formula is C31H52N7O17P3S. The number of carbonyl (C=O) groups is 3. The maximum absolute atomic E-state index is 12.7. The Morgan fingerprint density at radius 2 is 1.71 bits per heavy atom. The normalized spacial score (nSPS) is 21.3. The molecule has 1 saturated heterocycles. The van der Waals surface area contributed by atoms with Gasteiger partial charge in [-0.1, -0.05) is 57.5 Å². The number of aliphatic hydroxyl groups excluding tert-OH is 2. The first-order chi connectivity index (χ1) is 27.6. The average Bonchev–Trinajstić information content (AvgIpc) is 3.71. The number of carbonyl (C=O) groups excluding carboxylic acids is 3. The molecule has 28 heteroatoms. The summed E-state index contributed by atoms with van der Waals surface area (Å²) in [6, 6.07) is 0. The topological polar surface area (TPSA) is 364 Å². The summed E-state index contributed by atoms with van der Waals surface area (Å²) in [5, 5.41) is 26.5. The number of aromatic nitrogens is 4. The van der Waals surface area contributed by atoms with E-state index in [9.17, 15) is 57.9 Å². The van der Waals surface area contributed by atoms with Crippen molar-refractivity contribution in [2.24, 2.45) is 5.41 Å². The monoisotopic (exact) mass is 919 g/mol. The first-order valence-corrected chi connectivity index (χ1v) is 23.8. The number of nitrogens with zero attached hydrogens (tertiary/aromatic N) is 4. The molecule has 2 unspecified atom stereocenters. The van der Waals surface area contributed by atoms with Gasteiger partial charge in [-0.2, -0.15) is 4.31 Å². The molecule has 2 amide bonds. The van der Waals surface area contributed by atoms with Crippen LogP contribution in [0, 0.1) is 5.41 Å². The second kappa shape index (κ2) is 22.9. The predicted molar refractivity (Wildman–Crippen MR) is 210 cm³/mol. The van der Waals surface area contributed by atoms with E-state index in [-0.39, 0.29) is 41.6 Å². The summed E-state index contributed by atoms with van der Waals surface area (Å²) in [6.07, 6.45) is 2.66. The third kappa shape index (κ3) is 16.9. The molecule has 0 saturated carbocycles. The van der Waals surface area contributed by atoms with Crippen molar-refractivity contribution in [1.29, 1.82) is 0 Å². The number of anilines is 1. The van der Waals surface area contributed by atoms with E-state index in [2.05, 4.69) is 47.4 Å². The Hall–Kier alpha value is -2.70. The molecule has 2 aromatic heterocycles. The van der Waals surface area contributed by atoms with Crippen molar-refractivity contribution in [3.8, 4) is 0 Å². The van der Waals surface area contributed by atoms with Crippen LogP contribution in [0.2, 0.25) is 0 Å². The van der Waals surface area contributed by atoms with Crippen LogP contribution in [0.4, 0.5) is 5.82 Å². The fourth-order valence-electron chi connectivity index (χ4n) is 5.32. The fourth-order valence-corrected chi connectivity index (χ4v) is 8.84. The number of phosphoric acid groups is 3. The summed E-state index contributed by atoms with van der Waals surface area (Å²) in [5.41, 5.74) is 4.27. The number of fused-ring (bicyclic) bond motifs is 1. The van der Waals surface area contributed by atoms with Gasteiger partial charge in [-0.3, -0.25) is 32.5 Å². The highest BCUT2D eigenvalue weighted by Crippen LogP contribution is 2.61. The summed E-state index contributed by atoms with van der Waals surface area (Å²) in [6.45, 7) is 2.66. The van der Waals surface area contributed by atoms with E-state index < -0.39 is 84.6 Å². The molecule has 24 nitrogen and oxygen atoms in total. The zero-order chi connectivity index (χ0) is 44.0. The van der Waals surface area contributed by atoms with Crippen LogP contribution in [0.5, 0.6) is 0 Å². The maximum Gasteiger partial charge on any atom is 0.481 e. The molecule has 334 valence electrons. The molecule has 7 atom stereocenters. The number of nitrogens with two attached hydrogens (primary N) is 1. The lowest BCUT2D eigenvalue weighted by Crippen LogP contribution is -2.46. The van der Waals surface area contributed by atoms with E-state index in [4.69, 9.17) is 19.5 Å². The number of thioether (sulfide) groups is 1. The van der Waals surface area contributed by atoms with Crippen LogP contribution in [-0.4, -0.2) is 123 Å². The smallest absolute Gasteiger partial charge is 0.386 e. The molecule has 59 heavy (non-hydrogen) atoms. The molecule has 0 aromatic carbocycles. The zero-order valence-corrected chi connectivity index (χ0v) is 36.0. The number of nitrogen functional groups attached to an aromatic ring is 1. The van der Waals surface area contributed by atoms with Crippen molar-refractivity contribution in [3.05, 3.63) is 24.8 Å². The number of aliphatic hydroxyl groups is 2. The van der Waals surface area contributed by atoms with E-state index in [0.717, 1.165) is 48.2 Å². The number of phosphoric ester groups is 3. The van der Waals surface area contributed by atoms with E-state index in [1.165, 1.54) is 20.3 Å². The molecule has 1 aliphatic rings. The molecule has 10 N–H and O–H groups in total. The maximum atomic E-state index is 12.7. The summed E-state index contributed by atoms with van der Waals surface area (Å²) < 4.78 is 62.2. The van der Waals surface area contributed by atoms with Gasteiger partial charge >= 0.3 is 23.5 Å². The largest absolute Gasteiger partial charge is 0.481 e. The first kappa shape index (κ1) is 50.7. The first-order valence-electron chi connectivity index (χ1n) is 18.3. The summed E-state index contributed by atoms with van der Waals surface area (Å²) in [4.78, 5) is 87.8. The Balaban J connectivity index is 1.43. The van der Waals surface area contributed by atoms with Gasteiger partial charge in [0.05, 0.1) is 19.5 Å². The van der Waals surface area contributed by atoms with Crippen molar-refractivity contribution in [1.82, 2.24) is 30.2 Å². The second-order valence-electron chi connectivity index (χ2n) is 13.8. The van der Waals surface area contributed by atoms with Gasteiger partial charge in [0.2, 0.25) is 11.8 Å². The van der Waals surface area contributed by atoms with Gasteiger partial charge in [-0.15, -0.1) is 0 Å². The van der Waals surface area contributed by atoms with Crippen LogP contribution in [0.15, 0.2) is 24.8 Å². The van der Waals surface area contributed by atoms with Crippen LogP contribution in [0.3, 0.4) is 0 Å². The third-order valence-electron chi connectivity index (χ3n) is 8.42. The van der Waals surface area contributed by atoms with Gasteiger partial charge in [-0.25, -0.2) is 28.6 Å². The average molecular weight is 920 g/mol. The summed E-state index contributed by atoms with van der Waals surface area (Å²) >= 11 is 1.11. The van der Waals surface area contributed by atoms with Crippen LogP contribution < -0.4 is 16.4 Å². The molecule has 1 aliphatic heterocycles. The predicted octanol–water partition coefficient (Wildman–Crippen LogP) is 1.58. The van der Waals surface area contributed by atoms with E-state index in [0.29, 0.717) is 18.6 Å². The Morgan fingerprint density at radius 3 is 2.41 bits per heavy atom. The highest BCUT2D eigenvalue weighted by Gasteiger charge is 2.50. The Morgan fingerprint density at radius 1 is 1.02 bits per heavy atom. The molecule has 0 bridgehead atoms. The van der Waals surface area contributed by atoms with Crippen LogP contribution in [0.25, 0.3) is 11.2 Å². The van der Waals surface area contributed by atoms with Crippen molar-refractivity contribution in [3.63, 3.8) is 0 Å². The van der Waals surface area contributed by atoms with Crippen molar-refractivity contribution in [2.45, 2.75) is 96.4 Å². The SMILES string of the molecule is CCCCC/C=C\CCC(=O)SCCNC(=O)CCNC(=O)[C@H](O)C(C)(C)COP(=O)(O)OP(=O)(O)OC[C@H]1O[C@@H](n2cnc3c(N)ncnc32)[C@H](O)[C@@H]1OP(=O)(O)O. The molecule has 1 fully saturated rings. The molecule has 0 radical (unpaired) electrons. The van der Waals surface area contributed by atoms with Crippen molar-refractivity contribution >= 4 is 69.1 Å². The number of amides is 2.